The smallest absolute Gasteiger partial charge is 0.300 e. The highest BCUT2D eigenvalue weighted by atomic mass is 35.5. The van der Waals surface area contributed by atoms with Crippen LogP contribution in [0.4, 0.5) is 13.2 Å². The number of benzene rings is 1. The van der Waals surface area contributed by atoms with E-state index in [1.807, 2.05) is 0 Å². The van der Waals surface area contributed by atoms with Gasteiger partial charge in [-0.1, -0.05) is 17.7 Å². The molecule has 1 rings (SSSR count). The summed E-state index contributed by atoms with van der Waals surface area (Å²) in [6.07, 6.45) is -4.77. The molecule has 0 saturated heterocycles. The number of rotatable bonds is 2. The van der Waals surface area contributed by atoms with E-state index in [-0.39, 0.29) is 22.8 Å². The fraction of sp³-hybridized carbons (Fsp3) is 0.300. The highest BCUT2D eigenvalue weighted by molar-refractivity contribution is 6.31. The van der Waals surface area contributed by atoms with Crippen LogP contribution in [0.3, 0.4) is 0 Å². The number of halogens is 4. The maximum atomic E-state index is 12.5. The Bertz CT molecular complexity index is 385. The highest BCUT2D eigenvalue weighted by Gasteiger charge is 2.34. The Labute approximate surface area is 89.9 Å². The third-order valence-corrected chi connectivity index (χ3v) is 2.20. The Morgan fingerprint density at radius 3 is 2.47 bits per heavy atom. The van der Waals surface area contributed by atoms with Crippen molar-refractivity contribution in [2.45, 2.75) is 19.5 Å². The summed E-state index contributed by atoms with van der Waals surface area (Å²) in [5.41, 5.74) is -0.996. The Hall–Kier alpha value is -1.03. The van der Waals surface area contributed by atoms with Gasteiger partial charge >= 0.3 is 6.18 Å². The SMILES string of the molecule is CC(=O)Cc1c(Cl)cccc1C(F)(F)F. The van der Waals surface area contributed by atoms with Crippen molar-refractivity contribution < 1.29 is 18.0 Å². The fourth-order valence-corrected chi connectivity index (χ4v) is 1.49. The number of carbonyl (C=O) groups excluding carboxylic acids is 1. The third kappa shape index (κ3) is 2.96. The van der Waals surface area contributed by atoms with Crippen LogP contribution in [-0.4, -0.2) is 5.78 Å². The summed E-state index contributed by atoms with van der Waals surface area (Å²) in [6.45, 7) is 1.23. The standard InChI is InChI=1S/C10H8ClF3O/c1-6(15)5-7-8(10(12,13)14)3-2-4-9(7)11/h2-4H,5H2,1H3. The fourth-order valence-electron chi connectivity index (χ4n) is 1.25. The van der Waals surface area contributed by atoms with Crippen molar-refractivity contribution in [3.8, 4) is 0 Å². The van der Waals surface area contributed by atoms with Crippen LogP contribution in [0, 0.1) is 0 Å². The number of hydrogen-bond acceptors (Lipinski definition) is 1. The average molecular weight is 237 g/mol. The molecule has 0 amide bonds. The van der Waals surface area contributed by atoms with Crippen LogP contribution >= 0.6 is 11.6 Å². The molecule has 0 unspecified atom stereocenters. The van der Waals surface area contributed by atoms with Gasteiger partial charge in [0.05, 0.1) is 5.56 Å². The van der Waals surface area contributed by atoms with E-state index < -0.39 is 11.7 Å². The van der Waals surface area contributed by atoms with Crippen molar-refractivity contribution in [2.75, 3.05) is 0 Å². The highest BCUT2D eigenvalue weighted by Crippen LogP contribution is 2.35. The topological polar surface area (TPSA) is 17.1 Å². The van der Waals surface area contributed by atoms with Crippen molar-refractivity contribution in [3.63, 3.8) is 0 Å². The minimum absolute atomic E-state index is 0.0278. The summed E-state index contributed by atoms with van der Waals surface area (Å²) >= 11 is 5.63. The Morgan fingerprint density at radius 1 is 1.40 bits per heavy atom. The van der Waals surface area contributed by atoms with Gasteiger partial charge < -0.3 is 0 Å². The molecule has 0 atom stereocenters. The van der Waals surface area contributed by atoms with Gasteiger partial charge in [-0.15, -0.1) is 0 Å². The predicted molar refractivity (Wildman–Crippen MR) is 50.8 cm³/mol. The van der Waals surface area contributed by atoms with Crippen LogP contribution < -0.4 is 0 Å². The number of ketones is 1. The van der Waals surface area contributed by atoms with Gasteiger partial charge in [0, 0.05) is 11.4 Å². The molecule has 0 aliphatic rings. The maximum Gasteiger partial charge on any atom is 0.416 e. The van der Waals surface area contributed by atoms with Gasteiger partial charge in [-0.05, 0) is 24.6 Å². The molecule has 0 saturated carbocycles. The first-order valence-corrected chi connectivity index (χ1v) is 4.54. The van der Waals surface area contributed by atoms with E-state index in [9.17, 15) is 18.0 Å². The molecule has 0 bridgehead atoms. The maximum absolute atomic E-state index is 12.5. The zero-order valence-electron chi connectivity index (χ0n) is 7.86. The summed E-state index contributed by atoms with van der Waals surface area (Å²) in [4.78, 5) is 10.8. The number of hydrogen-bond donors (Lipinski definition) is 0. The van der Waals surface area contributed by atoms with Crippen molar-refractivity contribution in [2.24, 2.45) is 0 Å². The van der Waals surface area contributed by atoms with E-state index in [1.54, 1.807) is 0 Å². The van der Waals surface area contributed by atoms with E-state index >= 15 is 0 Å². The molecule has 1 aromatic rings. The largest absolute Gasteiger partial charge is 0.416 e. The normalized spacial score (nSPS) is 11.5. The molecule has 0 heterocycles. The van der Waals surface area contributed by atoms with Gasteiger partial charge in [-0.3, -0.25) is 4.79 Å². The van der Waals surface area contributed by atoms with Crippen LogP contribution in [-0.2, 0) is 17.4 Å². The third-order valence-electron chi connectivity index (χ3n) is 1.85. The average Bonchev–Trinajstić information content (AvgIpc) is 2.05. The lowest BCUT2D eigenvalue weighted by Crippen LogP contribution is -2.11. The molecular formula is C10H8ClF3O. The lowest BCUT2D eigenvalue weighted by molar-refractivity contribution is -0.138. The van der Waals surface area contributed by atoms with Crippen LogP contribution in [0.25, 0.3) is 0 Å². The summed E-state index contributed by atoms with van der Waals surface area (Å²) in [6, 6.07) is 3.48. The lowest BCUT2D eigenvalue weighted by Gasteiger charge is -2.12. The lowest BCUT2D eigenvalue weighted by atomic mass is 10.0. The van der Waals surface area contributed by atoms with Gasteiger partial charge in [0.25, 0.3) is 0 Å². The first-order valence-electron chi connectivity index (χ1n) is 4.16. The monoisotopic (exact) mass is 236 g/mol. The van der Waals surface area contributed by atoms with Crippen LogP contribution in [0.15, 0.2) is 18.2 Å². The molecule has 1 nitrogen and oxygen atoms in total. The Morgan fingerprint density at radius 2 is 2.00 bits per heavy atom. The van der Waals surface area contributed by atoms with E-state index in [1.165, 1.54) is 19.1 Å². The second kappa shape index (κ2) is 4.23. The molecule has 0 fully saturated rings. The Balaban J connectivity index is 3.26. The second-order valence-corrected chi connectivity index (χ2v) is 3.55. The van der Waals surface area contributed by atoms with Gasteiger partial charge in [0.2, 0.25) is 0 Å². The van der Waals surface area contributed by atoms with Crippen LogP contribution in [0.1, 0.15) is 18.1 Å². The molecule has 0 N–H and O–H groups in total. The van der Waals surface area contributed by atoms with E-state index in [0.29, 0.717) is 0 Å². The second-order valence-electron chi connectivity index (χ2n) is 3.14. The zero-order chi connectivity index (χ0) is 11.6. The van der Waals surface area contributed by atoms with E-state index in [0.717, 1.165) is 6.07 Å². The zero-order valence-corrected chi connectivity index (χ0v) is 8.62. The summed E-state index contributed by atoms with van der Waals surface area (Å²) in [5.74, 6) is -0.353. The van der Waals surface area contributed by atoms with Crippen LogP contribution in [0.5, 0.6) is 0 Å². The van der Waals surface area contributed by atoms with Gasteiger partial charge in [-0.2, -0.15) is 13.2 Å². The van der Waals surface area contributed by atoms with Gasteiger partial charge in [0.15, 0.2) is 0 Å². The minimum atomic E-state index is -4.48. The molecule has 0 spiro atoms. The Kier molecular flexibility index (Phi) is 3.39. The molecule has 0 aliphatic carbocycles. The molecule has 82 valence electrons. The van der Waals surface area contributed by atoms with Crippen molar-refractivity contribution >= 4 is 17.4 Å². The van der Waals surface area contributed by atoms with Gasteiger partial charge in [-0.25, -0.2) is 0 Å². The van der Waals surface area contributed by atoms with E-state index in [2.05, 4.69) is 0 Å². The minimum Gasteiger partial charge on any atom is -0.300 e. The first kappa shape index (κ1) is 12.0. The molecule has 0 aliphatic heterocycles. The molecule has 15 heavy (non-hydrogen) atoms. The number of Topliss-reactive ketones (excluding diaryl/α,β-unsaturated/α-hetero) is 1. The molecule has 0 radical (unpaired) electrons. The molecule has 0 aromatic heterocycles. The van der Waals surface area contributed by atoms with Crippen LogP contribution in [0.2, 0.25) is 5.02 Å². The van der Waals surface area contributed by atoms with E-state index in [4.69, 9.17) is 11.6 Å². The van der Waals surface area contributed by atoms with Crippen molar-refractivity contribution in [1.29, 1.82) is 0 Å². The first-order chi connectivity index (χ1) is 6.82. The number of alkyl halides is 3. The van der Waals surface area contributed by atoms with Crippen molar-refractivity contribution in [1.82, 2.24) is 0 Å². The molecular weight excluding hydrogens is 229 g/mol. The van der Waals surface area contributed by atoms with Crippen molar-refractivity contribution in [3.05, 3.63) is 34.3 Å². The summed E-state index contributed by atoms with van der Waals surface area (Å²) < 4.78 is 37.5. The summed E-state index contributed by atoms with van der Waals surface area (Å²) in [5, 5.41) is -0.0278. The van der Waals surface area contributed by atoms with Gasteiger partial charge in [0.1, 0.15) is 5.78 Å². The predicted octanol–water partition coefficient (Wildman–Crippen LogP) is 3.49. The molecule has 1 aromatic carbocycles. The number of carbonyl (C=O) groups is 1. The quantitative estimate of drug-likeness (QED) is 0.768. The summed E-state index contributed by atoms with van der Waals surface area (Å²) in [7, 11) is 0. The molecule has 5 heteroatoms.